The number of benzene rings is 2. The highest BCUT2D eigenvalue weighted by molar-refractivity contribution is 5.44. The van der Waals surface area contributed by atoms with Crippen LogP contribution in [0.2, 0.25) is 0 Å². The van der Waals surface area contributed by atoms with Gasteiger partial charge in [0.15, 0.2) is 11.5 Å². The molecule has 4 rings (SSSR count). The van der Waals surface area contributed by atoms with Gasteiger partial charge in [-0.3, -0.25) is 0 Å². The molecule has 2 aromatic rings. The van der Waals surface area contributed by atoms with Crippen LogP contribution in [-0.4, -0.2) is 59.7 Å². The number of phenols is 1. The summed E-state index contributed by atoms with van der Waals surface area (Å²) < 4.78 is 16.9. The van der Waals surface area contributed by atoms with Crippen molar-refractivity contribution in [2.45, 2.75) is 37.1 Å². The van der Waals surface area contributed by atoms with Crippen molar-refractivity contribution >= 4 is 0 Å². The molecule has 0 aliphatic carbocycles. The molecule has 7 nitrogen and oxygen atoms in total. The van der Waals surface area contributed by atoms with Gasteiger partial charge in [-0.2, -0.15) is 0 Å². The number of aromatic hydroxyl groups is 1. The summed E-state index contributed by atoms with van der Waals surface area (Å²) in [6.45, 7) is 2.05. The van der Waals surface area contributed by atoms with E-state index in [0.717, 1.165) is 31.5 Å². The van der Waals surface area contributed by atoms with Crippen LogP contribution in [-0.2, 0) is 0 Å². The fraction of sp³-hybridized carbons (Fsp3) is 0.478. The van der Waals surface area contributed by atoms with Gasteiger partial charge in [-0.1, -0.05) is 6.07 Å². The summed E-state index contributed by atoms with van der Waals surface area (Å²) >= 11 is 0. The zero-order valence-corrected chi connectivity index (χ0v) is 17.4. The first-order valence-corrected chi connectivity index (χ1v) is 10.3. The summed E-state index contributed by atoms with van der Waals surface area (Å²) in [5, 5.41) is 31.0. The summed E-state index contributed by atoms with van der Waals surface area (Å²) in [5.74, 6) is 2.01. The maximum absolute atomic E-state index is 10.7. The number of rotatable bonds is 5. The van der Waals surface area contributed by atoms with Crippen LogP contribution >= 0.6 is 0 Å². The van der Waals surface area contributed by atoms with Crippen LogP contribution < -0.4 is 14.2 Å². The molecule has 0 saturated carbocycles. The summed E-state index contributed by atoms with van der Waals surface area (Å²) in [5.41, 5.74) is 1.02. The van der Waals surface area contributed by atoms with Gasteiger partial charge in [0.05, 0.1) is 26.4 Å². The van der Waals surface area contributed by atoms with E-state index in [4.69, 9.17) is 14.2 Å². The molecule has 0 radical (unpaired) electrons. The van der Waals surface area contributed by atoms with Crippen LogP contribution in [0.15, 0.2) is 36.4 Å². The normalized spacial score (nSPS) is 21.5. The Balaban J connectivity index is 1.39. The van der Waals surface area contributed by atoms with Gasteiger partial charge in [0.2, 0.25) is 0 Å². The SMILES string of the molecule is COc1ccc([C@@H](O)CN2CCC3(CC2)C[C@@H](O)c2cc(O)ccc2O3)cc1OC. The molecule has 2 aliphatic heterocycles. The third-order valence-electron chi connectivity index (χ3n) is 6.23. The Morgan fingerprint density at radius 2 is 1.83 bits per heavy atom. The highest BCUT2D eigenvalue weighted by Crippen LogP contribution is 2.45. The first-order valence-electron chi connectivity index (χ1n) is 10.3. The predicted molar refractivity (Wildman–Crippen MR) is 111 cm³/mol. The molecule has 1 fully saturated rings. The van der Waals surface area contributed by atoms with Gasteiger partial charge in [-0.05, 0) is 48.7 Å². The van der Waals surface area contributed by atoms with E-state index in [-0.39, 0.29) is 5.75 Å². The van der Waals surface area contributed by atoms with E-state index in [1.165, 1.54) is 0 Å². The average Bonchev–Trinajstić information content (AvgIpc) is 2.75. The Bertz CT molecular complexity index is 893. The maximum Gasteiger partial charge on any atom is 0.161 e. The molecular weight excluding hydrogens is 386 g/mol. The first-order chi connectivity index (χ1) is 14.4. The minimum Gasteiger partial charge on any atom is -0.508 e. The standard InChI is InChI=1S/C23H29NO6/c1-28-21-5-3-15(11-22(21)29-2)19(27)14-24-9-7-23(8-10-24)13-18(26)17-12-16(25)4-6-20(17)30-23/h3-6,11-12,18-19,25-27H,7-10,13-14H2,1-2H3/t18-,19+/m1/s1. The highest BCUT2D eigenvalue weighted by atomic mass is 16.5. The number of aliphatic hydroxyl groups is 2. The lowest BCUT2D eigenvalue weighted by molar-refractivity contribution is -0.0588. The number of nitrogens with zero attached hydrogens (tertiary/aromatic N) is 1. The van der Waals surface area contributed by atoms with Crippen molar-refractivity contribution in [1.29, 1.82) is 0 Å². The zero-order valence-electron chi connectivity index (χ0n) is 17.4. The fourth-order valence-corrected chi connectivity index (χ4v) is 4.49. The van der Waals surface area contributed by atoms with Gasteiger partial charge in [0, 0.05) is 31.6 Å². The van der Waals surface area contributed by atoms with E-state index in [1.54, 1.807) is 38.5 Å². The van der Waals surface area contributed by atoms with Crippen LogP contribution in [0.25, 0.3) is 0 Å². The lowest BCUT2D eigenvalue weighted by Gasteiger charge is -2.46. The number of likely N-dealkylation sites (tertiary alicyclic amines) is 1. The van der Waals surface area contributed by atoms with E-state index in [0.29, 0.717) is 35.8 Å². The number of phenolic OH excluding ortho intramolecular Hbond substituents is 1. The van der Waals surface area contributed by atoms with E-state index in [1.807, 2.05) is 12.1 Å². The molecule has 30 heavy (non-hydrogen) atoms. The van der Waals surface area contributed by atoms with Crippen molar-refractivity contribution in [2.75, 3.05) is 33.9 Å². The Kier molecular flexibility index (Phi) is 5.77. The van der Waals surface area contributed by atoms with Gasteiger partial charge in [0.25, 0.3) is 0 Å². The van der Waals surface area contributed by atoms with Crippen LogP contribution in [0.1, 0.15) is 42.6 Å². The Morgan fingerprint density at radius 1 is 1.10 bits per heavy atom. The van der Waals surface area contributed by atoms with Crippen molar-refractivity contribution in [1.82, 2.24) is 4.90 Å². The monoisotopic (exact) mass is 415 g/mol. The van der Waals surface area contributed by atoms with Gasteiger partial charge >= 0.3 is 0 Å². The molecule has 2 atom stereocenters. The predicted octanol–water partition coefficient (Wildman–Crippen LogP) is 2.79. The number of methoxy groups -OCH3 is 2. The van der Waals surface area contributed by atoms with Crippen molar-refractivity contribution in [3.8, 4) is 23.0 Å². The first kappa shape index (κ1) is 20.8. The third kappa shape index (κ3) is 4.05. The lowest BCUT2D eigenvalue weighted by atomic mass is 9.81. The van der Waals surface area contributed by atoms with Crippen molar-refractivity contribution < 1.29 is 29.5 Å². The van der Waals surface area contributed by atoms with Gasteiger partial charge in [-0.15, -0.1) is 0 Å². The number of piperidine rings is 1. The zero-order chi connectivity index (χ0) is 21.3. The highest BCUT2D eigenvalue weighted by Gasteiger charge is 2.43. The summed E-state index contributed by atoms with van der Waals surface area (Å²) in [7, 11) is 3.17. The molecule has 162 valence electrons. The molecule has 1 saturated heterocycles. The Morgan fingerprint density at radius 3 is 2.53 bits per heavy atom. The van der Waals surface area contributed by atoms with E-state index in [2.05, 4.69) is 4.90 Å². The summed E-state index contributed by atoms with van der Waals surface area (Å²) in [6, 6.07) is 10.3. The number of β-amino-alcohol motifs (C(OH)–C–C–N with tert-alkyl or cyclic N) is 1. The van der Waals surface area contributed by atoms with Crippen molar-refractivity contribution in [2.24, 2.45) is 0 Å². The second-order valence-electron chi connectivity index (χ2n) is 8.16. The molecule has 2 aromatic carbocycles. The molecule has 0 amide bonds. The molecule has 0 aromatic heterocycles. The smallest absolute Gasteiger partial charge is 0.161 e. The van der Waals surface area contributed by atoms with E-state index < -0.39 is 17.8 Å². The number of hydrogen-bond donors (Lipinski definition) is 3. The van der Waals surface area contributed by atoms with Crippen LogP contribution in [0.5, 0.6) is 23.0 Å². The molecule has 0 unspecified atom stereocenters. The van der Waals surface area contributed by atoms with Gasteiger partial charge < -0.3 is 34.4 Å². The van der Waals surface area contributed by atoms with Gasteiger partial charge in [-0.25, -0.2) is 0 Å². The summed E-state index contributed by atoms with van der Waals surface area (Å²) in [4.78, 5) is 2.22. The molecule has 7 heteroatoms. The van der Waals surface area contributed by atoms with Crippen LogP contribution in [0, 0.1) is 0 Å². The van der Waals surface area contributed by atoms with Gasteiger partial charge in [0.1, 0.15) is 17.1 Å². The second-order valence-corrected chi connectivity index (χ2v) is 8.16. The van der Waals surface area contributed by atoms with E-state index in [9.17, 15) is 15.3 Å². The van der Waals surface area contributed by atoms with E-state index >= 15 is 0 Å². The Labute approximate surface area is 176 Å². The average molecular weight is 415 g/mol. The van der Waals surface area contributed by atoms with Crippen molar-refractivity contribution in [3.05, 3.63) is 47.5 Å². The second kappa shape index (κ2) is 8.34. The fourth-order valence-electron chi connectivity index (χ4n) is 4.49. The summed E-state index contributed by atoms with van der Waals surface area (Å²) in [6.07, 6.45) is 0.756. The third-order valence-corrected chi connectivity index (χ3v) is 6.23. The molecular formula is C23H29NO6. The van der Waals surface area contributed by atoms with Crippen LogP contribution in [0.4, 0.5) is 0 Å². The minimum atomic E-state index is -0.648. The Hall–Kier alpha value is -2.48. The largest absolute Gasteiger partial charge is 0.508 e. The topological polar surface area (TPSA) is 91.6 Å². The molecule has 0 bridgehead atoms. The van der Waals surface area contributed by atoms with Crippen molar-refractivity contribution in [3.63, 3.8) is 0 Å². The molecule has 2 aliphatic rings. The minimum absolute atomic E-state index is 0.131. The quantitative estimate of drug-likeness (QED) is 0.692. The lowest BCUT2D eigenvalue weighted by Crippen LogP contribution is -2.51. The molecule has 1 spiro atoms. The number of fused-ring (bicyclic) bond motifs is 1. The molecule has 3 N–H and O–H groups in total. The number of ether oxygens (including phenoxy) is 3. The molecule has 2 heterocycles. The number of aliphatic hydroxyl groups excluding tert-OH is 2. The van der Waals surface area contributed by atoms with Crippen LogP contribution in [0.3, 0.4) is 0 Å². The number of hydrogen-bond acceptors (Lipinski definition) is 7. The maximum atomic E-state index is 10.7.